The Morgan fingerprint density at radius 2 is 2.11 bits per heavy atom. The Morgan fingerprint density at radius 1 is 1.37 bits per heavy atom. The number of hydrogen-bond donors (Lipinski definition) is 0. The van der Waals surface area contributed by atoms with Crippen LogP contribution < -0.4 is 0 Å². The lowest BCUT2D eigenvalue weighted by Crippen LogP contribution is -2.10. The number of ether oxygens (including phenoxy) is 1. The summed E-state index contributed by atoms with van der Waals surface area (Å²) in [5.41, 5.74) is 0.645. The molecule has 0 bridgehead atoms. The summed E-state index contributed by atoms with van der Waals surface area (Å²) in [5.74, 6) is 0.443. The fourth-order valence-corrected chi connectivity index (χ4v) is 1.70. The molecule has 1 unspecified atom stereocenters. The number of Topliss-reactive ketones (excluding diaryl/α,β-unsaturated/α-hetero) is 1. The number of carbonyl (C=O) groups is 1. The Kier molecular flexibility index (Phi) is 4.41. The van der Waals surface area contributed by atoms with Crippen LogP contribution in [0.3, 0.4) is 0 Å². The zero-order valence-corrected chi connectivity index (χ0v) is 11.0. The Balaban J connectivity index is 2.09. The van der Waals surface area contributed by atoms with Crippen LogP contribution in [0.1, 0.15) is 34.9 Å². The SMILES string of the molecule is COCCc1noc(C(C)C(=O)c2ccccc2)n1. The van der Waals surface area contributed by atoms with Crippen LogP contribution >= 0.6 is 0 Å². The molecule has 0 N–H and O–H groups in total. The van der Waals surface area contributed by atoms with E-state index in [1.54, 1.807) is 26.2 Å². The summed E-state index contributed by atoms with van der Waals surface area (Å²) in [7, 11) is 1.61. The van der Waals surface area contributed by atoms with Crippen LogP contribution in [0.4, 0.5) is 0 Å². The molecule has 1 aromatic heterocycles. The van der Waals surface area contributed by atoms with E-state index in [2.05, 4.69) is 10.1 Å². The number of aromatic nitrogens is 2. The Bertz CT molecular complexity index is 537. The van der Waals surface area contributed by atoms with Gasteiger partial charge in [-0.3, -0.25) is 4.79 Å². The predicted molar refractivity (Wildman–Crippen MR) is 69.1 cm³/mol. The maximum atomic E-state index is 12.2. The molecule has 2 rings (SSSR count). The highest BCUT2D eigenvalue weighted by Gasteiger charge is 2.22. The fraction of sp³-hybridized carbons (Fsp3) is 0.357. The Hall–Kier alpha value is -2.01. The molecular weight excluding hydrogens is 244 g/mol. The number of methoxy groups -OCH3 is 1. The fourth-order valence-electron chi connectivity index (χ4n) is 1.70. The third kappa shape index (κ3) is 3.26. The quantitative estimate of drug-likeness (QED) is 0.745. The van der Waals surface area contributed by atoms with E-state index in [0.717, 1.165) is 0 Å². The summed E-state index contributed by atoms with van der Waals surface area (Å²) in [6.07, 6.45) is 0.576. The average Bonchev–Trinajstić information content (AvgIpc) is 2.93. The van der Waals surface area contributed by atoms with Crippen LogP contribution in [-0.2, 0) is 11.2 Å². The Labute approximate surface area is 111 Å². The van der Waals surface area contributed by atoms with Crippen LogP contribution in [-0.4, -0.2) is 29.6 Å². The molecule has 5 nitrogen and oxygen atoms in total. The molecule has 2 aromatic rings. The second kappa shape index (κ2) is 6.24. The lowest BCUT2D eigenvalue weighted by Gasteiger charge is -2.04. The highest BCUT2D eigenvalue weighted by molar-refractivity contribution is 6.00. The molecular formula is C14H16N2O3. The lowest BCUT2D eigenvalue weighted by atomic mass is 9.99. The number of rotatable bonds is 6. The topological polar surface area (TPSA) is 65.2 Å². The van der Waals surface area contributed by atoms with Gasteiger partial charge in [-0.15, -0.1) is 0 Å². The molecule has 0 aliphatic rings. The molecule has 0 spiro atoms. The summed E-state index contributed by atoms with van der Waals surface area (Å²) in [6, 6.07) is 9.09. The number of nitrogens with zero attached hydrogens (tertiary/aromatic N) is 2. The summed E-state index contributed by atoms with van der Waals surface area (Å²) in [4.78, 5) is 16.4. The largest absolute Gasteiger partial charge is 0.384 e. The van der Waals surface area contributed by atoms with Gasteiger partial charge >= 0.3 is 0 Å². The van der Waals surface area contributed by atoms with Crippen LogP contribution in [0.2, 0.25) is 0 Å². The van der Waals surface area contributed by atoms with Crippen molar-refractivity contribution in [3.05, 3.63) is 47.6 Å². The first-order chi connectivity index (χ1) is 9.22. The first-order valence-corrected chi connectivity index (χ1v) is 6.13. The summed E-state index contributed by atoms with van der Waals surface area (Å²) < 4.78 is 10.1. The molecule has 0 amide bonds. The van der Waals surface area contributed by atoms with Crippen LogP contribution in [0, 0.1) is 0 Å². The molecule has 1 atom stereocenters. The monoisotopic (exact) mass is 260 g/mol. The van der Waals surface area contributed by atoms with E-state index in [0.29, 0.717) is 30.3 Å². The van der Waals surface area contributed by atoms with Gasteiger partial charge in [0.15, 0.2) is 11.6 Å². The first-order valence-electron chi connectivity index (χ1n) is 6.13. The molecule has 19 heavy (non-hydrogen) atoms. The van der Waals surface area contributed by atoms with Crippen molar-refractivity contribution in [2.24, 2.45) is 0 Å². The van der Waals surface area contributed by atoms with Gasteiger partial charge in [0.2, 0.25) is 5.89 Å². The minimum Gasteiger partial charge on any atom is -0.384 e. The smallest absolute Gasteiger partial charge is 0.237 e. The molecule has 0 aliphatic heterocycles. The summed E-state index contributed by atoms with van der Waals surface area (Å²) >= 11 is 0. The Morgan fingerprint density at radius 3 is 2.79 bits per heavy atom. The number of carbonyl (C=O) groups excluding carboxylic acids is 1. The van der Waals surface area contributed by atoms with E-state index in [9.17, 15) is 4.79 Å². The van der Waals surface area contributed by atoms with Gasteiger partial charge in [-0.2, -0.15) is 4.98 Å². The van der Waals surface area contributed by atoms with E-state index >= 15 is 0 Å². The zero-order valence-electron chi connectivity index (χ0n) is 11.0. The number of benzene rings is 1. The van der Waals surface area contributed by atoms with Gasteiger partial charge in [-0.1, -0.05) is 35.5 Å². The number of ketones is 1. The molecule has 0 aliphatic carbocycles. The first kappa shape index (κ1) is 13.4. The molecule has 0 saturated carbocycles. The van der Waals surface area contributed by atoms with E-state index < -0.39 is 5.92 Å². The van der Waals surface area contributed by atoms with Gasteiger partial charge in [0.25, 0.3) is 0 Å². The molecule has 0 fully saturated rings. The lowest BCUT2D eigenvalue weighted by molar-refractivity contribution is 0.0951. The van der Waals surface area contributed by atoms with Crippen molar-refractivity contribution in [3.63, 3.8) is 0 Å². The second-order valence-corrected chi connectivity index (χ2v) is 4.24. The molecule has 100 valence electrons. The molecule has 5 heteroatoms. The highest BCUT2D eigenvalue weighted by atomic mass is 16.5. The van der Waals surface area contributed by atoms with E-state index in [4.69, 9.17) is 9.26 Å². The third-order valence-electron chi connectivity index (χ3n) is 2.84. The van der Waals surface area contributed by atoms with Crippen molar-refractivity contribution in [1.82, 2.24) is 10.1 Å². The van der Waals surface area contributed by atoms with Crippen molar-refractivity contribution >= 4 is 5.78 Å². The zero-order chi connectivity index (χ0) is 13.7. The van der Waals surface area contributed by atoms with Gasteiger partial charge in [0.05, 0.1) is 12.5 Å². The van der Waals surface area contributed by atoms with Crippen molar-refractivity contribution in [2.75, 3.05) is 13.7 Å². The van der Waals surface area contributed by atoms with E-state index in [1.165, 1.54) is 0 Å². The summed E-state index contributed by atoms with van der Waals surface area (Å²) in [6.45, 7) is 2.29. The van der Waals surface area contributed by atoms with Gasteiger partial charge < -0.3 is 9.26 Å². The molecule has 0 radical (unpaired) electrons. The highest BCUT2D eigenvalue weighted by Crippen LogP contribution is 2.18. The van der Waals surface area contributed by atoms with E-state index in [1.807, 2.05) is 18.2 Å². The predicted octanol–water partition coefficient (Wildman–Crippen LogP) is 2.24. The summed E-state index contributed by atoms with van der Waals surface area (Å²) in [5, 5.41) is 3.83. The van der Waals surface area contributed by atoms with Crippen molar-refractivity contribution < 1.29 is 14.1 Å². The van der Waals surface area contributed by atoms with Crippen molar-refractivity contribution in [3.8, 4) is 0 Å². The van der Waals surface area contributed by atoms with Gasteiger partial charge in [-0.25, -0.2) is 0 Å². The van der Waals surface area contributed by atoms with Crippen LogP contribution in [0.5, 0.6) is 0 Å². The standard InChI is InChI=1S/C14H16N2O3/c1-10(13(17)11-6-4-3-5-7-11)14-15-12(16-19-14)8-9-18-2/h3-7,10H,8-9H2,1-2H3. The third-order valence-corrected chi connectivity index (χ3v) is 2.84. The molecule has 1 heterocycles. The van der Waals surface area contributed by atoms with Crippen molar-refractivity contribution in [1.29, 1.82) is 0 Å². The van der Waals surface area contributed by atoms with Gasteiger partial charge in [0.1, 0.15) is 0 Å². The normalized spacial score (nSPS) is 12.3. The van der Waals surface area contributed by atoms with E-state index in [-0.39, 0.29) is 5.78 Å². The van der Waals surface area contributed by atoms with Crippen LogP contribution in [0.25, 0.3) is 0 Å². The average molecular weight is 260 g/mol. The maximum absolute atomic E-state index is 12.2. The van der Waals surface area contributed by atoms with Crippen molar-refractivity contribution in [2.45, 2.75) is 19.3 Å². The molecule has 0 saturated heterocycles. The minimum absolute atomic E-state index is 0.0254. The van der Waals surface area contributed by atoms with Gasteiger partial charge in [-0.05, 0) is 6.92 Å². The van der Waals surface area contributed by atoms with Crippen LogP contribution in [0.15, 0.2) is 34.9 Å². The molecule has 1 aromatic carbocycles. The minimum atomic E-state index is -0.439. The second-order valence-electron chi connectivity index (χ2n) is 4.24. The van der Waals surface area contributed by atoms with Gasteiger partial charge in [0, 0.05) is 19.1 Å². The maximum Gasteiger partial charge on any atom is 0.237 e. The number of hydrogen-bond acceptors (Lipinski definition) is 5.